The molecule has 1 aromatic heterocycles. The van der Waals surface area contributed by atoms with E-state index in [1.54, 1.807) is 26.5 Å². The number of hydrogen-bond donors (Lipinski definition) is 2. The number of rotatable bonds is 3. The number of hydrogen-bond acceptors (Lipinski definition) is 5. The predicted octanol–water partition coefficient (Wildman–Crippen LogP) is 1.54. The number of fused-ring (bicyclic) bond motifs is 1. The number of benzene rings is 1. The fraction of sp³-hybridized carbons (Fsp3) is 0.182. The Morgan fingerprint density at radius 2 is 1.88 bits per heavy atom. The van der Waals surface area contributed by atoms with E-state index in [1.807, 2.05) is 12.1 Å². The quantitative estimate of drug-likeness (QED) is 0.605. The summed E-state index contributed by atoms with van der Waals surface area (Å²) in [7, 11) is 3.18. The number of ether oxygens (including phenoxy) is 2. The number of hydrazine groups is 1. The molecule has 3 N–H and O–H groups in total. The minimum Gasteiger partial charge on any atom is -0.493 e. The summed E-state index contributed by atoms with van der Waals surface area (Å²) in [5, 5.41) is 0.891. The zero-order valence-electron chi connectivity index (χ0n) is 9.15. The maximum atomic E-state index is 5.43. The molecule has 0 radical (unpaired) electrons. The normalized spacial score (nSPS) is 10.2. The first kappa shape index (κ1) is 10.5. The van der Waals surface area contributed by atoms with E-state index in [-0.39, 0.29) is 0 Å². The third-order valence-electron chi connectivity index (χ3n) is 2.40. The Balaban J connectivity index is 2.72. The highest BCUT2D eigenvalue weighted by Gasteiger charge is 2.08. The summed E-state index contributed by atoms with van der Waals surface area (Å²) in [6.07, 6.45) is 1.68. The van der Waals surface area contributed by atoms with Gasteiger partial charge in [-0.05, 0) is 12.1 Å². The number of nitrogens with two attached hydrogens (primary N) is 1. The molecule has 16 heavy (non-hydrogen) atoms. The van der Waals surface area contributed by atoms with Gasteiger partial charge in [0.05, 0.1) is 25.4 Å². The summed E-state index contributed by atoms with van der Waals surface area (Å²) < 4.78 is 10.4. The van der Waals surface area contributed by atoms with E-state index < -0.39 is 0 Å². The second kappa shape index (κ2) is 4.24. The van der Waals surface area contributed by atoms with Crippen LogP contribution in [-0.2, 0) is 0 Å². The third kappa shape index (κ3) is 1.61. The molecular formula is C11H13N3O2. The van der Waals surface area contributed by atoms with Gasteiger partial charge in [0, 0.05) is 17.6 Å². The molecule has 5 nitrogen and oxygen atoms in total. The maximum Gasteiger partial charge on any atom is 0.162 e. The molecule has 0 spiro atoms. The monoisotopic (exact) mass is 219 g/mol. The van der Waals surface area contributed by atoms with E-state index in [9.17, 15) is 0 Å². The Hall–Kier alpha value is -2.01. The van der Waals surface area contributed by atoms with Crippen molar-refractivity contribution in [1.82, 2.24) is 4.98 Å². The number of nitrogens with zero attached hydrogens (tertiary/aromatic N) is 1. The summed E-state index contributed by atoms with van der Waals surface area (Å²) in [5.74, 6) is 6.73. The minimum atomic E-state index is 0.650. The van der Waals surface area contributed by atoms with Gasteiger partial charge in [0.25, 0.3) is 0 Å². The second-order valence-electron chi connectivity index (χ2n) is 3.23. The van der Waals surface area contributed by atoms with Gasteiger partial charge in [-0.15, -0.1) is 0 Å². The van der Waals surface area contributed by atoms with Crippen molar-refractivity contribution in [2.45, 2.75) is 0 Å². The Bertz CT molecular complexity index is 514. The highest BCUT2D eigenvalue weighted by Crippen LogP contribution is 2.33. The highest BCUT2D eigenvalue weighted by atomic mass is 16.5. The van der Waals surface area contributed by atoms with Gasteiger partial charge < -0.3 is 14.9 Å². The molecule has 2 rings (SSSR count). The van der Waals surface area contributed by atoms with Gasteiger partial charge in [-0.25, -0.2) is 0 Å². The number of nitrogens with one attached hydrogen (secondary N) is 1. The lowest BCUT2D eigenvalue weighted by molar-refractivity contribution is 0.356. The van der Waals surface area contributed by atoms with Crippen LogP contribution in [0.5, 0.6) is 11.5 Å². The highest BCUT2D eigenvalue weighted by molar-refractivity contribution is 5.93. The van der Waals surface area contributed by atoms with Crippen LogP contribution in [0.25, 0.3) is 10.9 Å². The summed E-state index contributed by atoms with van der Waals surface area (Å²) in [6.45, 7) is 0. The lowest BCUT2D eigenvalue weighted by Gasteiger charge is -2.10. The van der Waals surface area contributed by atoms with E-state index in [0.29, 0.717) is 11.5 Å². The summed E-state index contributed by atoms with van der Waals surface area (Å²) >= 11 is 0. The number of methoxy groups -OCH3 is 2. The first-order valence-electron chi connectivity index (χ1n) is 4.77. The van der Waals surface area contributed by atoms with Crippen LogP contribution in [0.2, 0.25) is 0 Å². The van der Waals surface area contributed by atoms with E-state index in [2.05, 4.69) is 10.4 Å². The smallest absolute Gasteiger partial charge is 0.162 e. The van der Waals surface area contributed by atoms with Crippen LogP contribution >= 0.6 is 0 Å². The van der Waals surface area contributed by atoms with E-state index in [0.717, 1.165) is 16.6 Å². The van der Waals surface area contributed by atoms with Gasteiger partial charge in [0.2, 0.25) is 0 Å². The van der Waals surface area contributed by atoms with Gasteiger partial charge in [-0.1, -0.05) is 0 Å². The molecule has 0 aliphatic carbocycles. The zero-order chi connectivity index (χ0) is 11.5. The van der Waals surface area contributed by atoms with E-state index in [4.69, 9.17) is 15.3 Å². The zero-order valence-corrected chi connectivity index (χ0v) is 9.15. The molecule has 84 valence electrons. The minimum absolute atomic E-state index is 0.650. The number of anilines is 1. The van der Waals surface area contributed by atoms with Crippen LogP contribution in [0.15, 0.2) is 24.4 Å². The van der Waals surface area contributed by atoms with Crippen LogP contribution in [0.1, 0.15) is 0 Å². The third-order valence-corrected chi connectivity index (χ3v) is 2.40. The number of aromatic nitrogens is 1. The SMILES string of the molecule is COc1cc2nccc(NN)c2cc1OC. The van der Waals surface area contributed by atoms with Crippen LogP contribution in [0.3, 0.4) is 0 Å². The van der Waals surface area contributed by atoms with Crippen LogP contribution < -0.4 is 20.7 Å². The summed E-state index contributed by atoms with van der Waals surface area (Å²) in [6, 6.07) is 5.46. The van der Waals surface area contributed by atoms with E-state index >= 15 is 0 Å². The summed E-state index contributed by atoms with van der Waals surface area (Å²) in [4.78, 5) is 4.24. The maximum absolute atomic E-state index is 5.43. The van der Waals surface area contributed by atoms with Crippen molar-refractivity contribution in [3.8, 4) is 11.5 Å². The molecule has 0 amide bonds. The standard InChI is InChI=1S/C11H13N3O2/c1-15-10-5-7-8(14-12)3-4-13-9(7)6-11(10)16-2/h3-6H,12H2,1-2H3,(H,13,14). The van der Waals surface area contributed by atoms with Crippen LogP contribution in [-0.4, -0.2) is 19.2 Å². The van der Waals surface area contributed by atoms with Crippen molar-refractivity contribution in [2.75, 3.05) is 19.6 Å². The molecule has 0 saturated heterocycles. The molecule has 0 aliphatic rings. The lowest BCUT2D eigenvalue weighted by atomic mass is 10.1. The molecule has 0 unspecified atom stereocenters. The molecule has 0 aliphatic heterocycles. The summed E-state index contributed by atoms with van der Waals surface area (Å²) in [5.41, 5.74) is 4.22. The predicted molar refractivity (Wildman–Crippen MR) is 62.7 cm³/mol. The van der Waals surface area contributed by atoms with Gasteiger partial charge >= 0.3 is 0 Å². The molecule has 5 heteroatoms. The Kier molecular flexibility index (Phi) is 2.78. The molecule has 1 aromatic carbocycles. The fourth-order valence-electron chi connectivity index (χ4n) is 1.60. The molecule has 0 saturated carbocycles. The Labute approximate surface area is 93.1 Å². The molecule has 1 heterocycles. The molecular weight excluding hydrogens is 206 g/mol. The van der Waals surface area contributed by atoms with Crippen molar-refractivity contribution in [3.05, 3.63) is 24.4 Å². The van der Waals surface area contributed by atoms with Gasteiger partial charge in [-0.2, -0.15) is 0 Å². The van der Waals surface area contributed by atoms with Crippen molar-refractivity contribution >= 4 is 16.6 Å². The molecule has 0 atom stereocenters. The fourth-order valence-corrected chi connectivity index (χ4v) is 1.60. The Morgan fingerprint density at radius 3 is 2.50 bits per heavy atom. The van der Waals surface area contributed by atoms with Gasteiger partial charge in [0.15, 0.2) is 11.5 Å². The molecule has 0 fully saturated rings. The van der Waals surface area contributed by atoms with Crippen molar-refractivity contribution in [3.63, 3.8) is 0 Å². The first-order chi connectivity index (χ1) is 7.80. The lowest BCUT2D eigenvalue weighted by Crippen LogP contribution is -2.07. The second-order valence-corrected chi connectivity index (χ2v) is 3.23. The van der Waals surface area contributed by atoms with Crippen molar-refractivity contribution in [1.29, 1.82) is 0 Å². The molecule has 2 aromatic rings. The number of pyridine rings is 1. The number of nitrogen functional groups attached to an aromatic ring is 1. The topological polar surface area (TPSA) is 69.4 Å². The van der Waals surface area contributed by atoms with Crippen LogP contribution in [0.4, 0.5) is 5.69 Å². The van der Waals surface area contributed by atoms with E-state index in [1.165, 1.54) is 0 Å². The van der Waals surface area contributed by atoms with Crippen molar-refractivity contribution in [2.24, 2.45) is 5.84 Å². The Morgan fingerprint density at radius 1 is 1.19 bits per heavy atom. The van der Waals surface area contributed by atoms with Gasteiger partial charge in [0.1, 0.15) is 0 Å². The first-order valence-corrected chi connectivity index (χ1v) is 4.77. The molecule has 0 bridgehead atoms. The average Bonchev–Trinajstić information content (AvgIpc) is 2.36. The average molecular weight is 219 g/mol. The van der Waals surface area contributed by atoms with Crippen molar-refractivity contribution < 1.29 is 9.47 Å². The van der Waals surface area contributed by atoms with Crippen LogP contribution in [0, 0.1) is 0 Å². The largest absolute Gasteiger partial charge is 0.493 e. The van der Waals surface area contributed by atoms with Gasteiger partial charge in [-0.3, -0.25) is 10.8 Å².